The van der Waals surface area contributed by atoms with Gasteiger partial charge in [-0.15, -0.1) is 0 Å². The number of hydrogen-bond donors (Lipinski definition) is 0. The highest BCUT2D eigenvalue weighted by molar-refractivity contribution is 5.54. The molecule has 0 bridgehead atoms. The topological polar surface area (TPSA) is 47.7 Å². The molecular weight excluding hydrogens is 352 g/mol. The number of aromatic nitrogens is 1. The van der Waals surface area contributed by atoms with Crippen molar-refractivity contribution in [3.63, 3.8) is 0 Å². The average molecular weight is 378 g/mol. The summed E-state index contributed by atoms with van der Waals surface area (Å²) in [5.74, 6) is 2.40. The summed E-state index contributed by atoms with van der Waals surface area (Å²) in [5.41, 5.74) is 3.25. The van der Waals surface area contributed by atoms with Crippen LogP contribution in [0.1, 0.15) is 37.1 Å². The molecule has 5 heteroatoms. The molecule has 0 N–H and O–H groups in total. The van der Waals surface area contributed by atoms with Crippen molar-refractivity contribution < 1.29 is 13.9 Å². The van der Waals surface area contributed by atoms with Gasteiger partial charge in [-0.25, -0.2) is 4.98 Å². The Morgan fingerprint density at radius 2 is 1.82 bits per heavy atom. The number of oxazole rings is 1. The lowest BCUT2D eigenvalue weighted by Gasteiger charge is -2.24. The van der Waals surface area contributed by atoms with E-state index in [4.69, 9.17) is 18.9 Å². The number of likely N-dealkylation sites (tertiary alicyclic amines) is 1. The van der Waals surface area contributed by atoms with Crippen LogP contribution < -0.4 is 9.47 Å². The Hall–Kier alpha value is -2.79. The van der Waals surface area contributed by atoms with Crippen molar-refractivity contribution in [2.24, 2.45) is 0 Å². The van der Waals surface area contributed by atoms with E-state index in [1.54, 1.807) is 13.4 Å². The van der Waals surface area contributed by atoms with Gasteiger partial charge in [0.25, 0.3) is 0 Å². The summed E-state index contributed by atoms with van der Waals surface area (Å²) in [6.07, 6.45) is 4.13. The summed E-state index contributed by atoms with van der Waals surface area (Å²) in [7, 11) is 1.66. The average Bonchev–Trinajstić information content (AvgIpc) is 3.39. The van der Waals surface area contributed by atoms with Crippen LogP contribution in [0.5, 0.6) is 11.5 Å². The molecule has 1 saturated heterocycles. The van der Waals surface area contributed by atoms with Crippen LogP contribution in [-0.2, 0) is 6.54 Å². The largest absolute Gasteiger partial charge is 0.497 e. The Kier molecular flexibility index (Phi) is 5.63. The van der Waals surface area contributed by atoms with Gasteiger partial charge < -0.3 is 13.9 Å². The SMILES string of the molecule is CCOc1ccc([C@H]2CCCN2Cc2coc(-c3ccc(OC)cc3)n2)cc1. The highest BCUT2D eigenvalue weighted by Crippen LogP contribution is 2.34. The van der Waals surface area contributed by atoms with Gasteiger partial charge in [-0.05, 0) is 68.3 Å². The molecule has 0 amide bonds. The number of ether oxygens (including phenoxy) is 2. The molecule has 4 rings (SSSR count). The third-order valence-corrected chi connectivity index (χ3v) is 5.19. The maximum atomic E-state index is 5.72. The van der Waals surface area contributed by atoms with Crippen LogP contribution in [0.4, 0.5) is 0 Å². The number of hydrogen-bond acceptors (Lipinski definition) is 5. The van der Waals surface area contributed by atoms with E-state index < -0.39 is 0 Å². The Morgan fingerprint density at radius 3 is 2.54 bits per heavy atom. The molecule has 1 fully saturated rings. The highest BCUT2D eigenvalue weighted by atomic mass is 16.5. The minimum absolute atomic E-state index is 0.414. The van der Waals surface area contributed by atoms with Crippen molar-refractivity contribution in [1.82, 2.24) is 9.88 Å². The Labute approximate surface area is 165 Å². The van der Waals surface area contributed by atoms with Gasteiger partial charge in [0.2, 0.25) is 5.89 Å². The van der Waals surface area contributed by atoms with Gasteiger partial charge in [0.05, 0.1) is 19.4 Å². The standard InChI is InChI=1S/C23H26N2O3/c1-3-27-21-12-6-17(7-13-21)22-5-4-14-25(22)15-19-16-28-23(24-19)18-8-10-20(26-2)11-9-18/h6-13,16,22H,3-5,14-15H2,1-2H3/t22-/m1/s1. The van der Waals surface area contributed by atoms with Gasteiger partial charge in [0.15, 0.2) is 0 Å². The lowest BCUT2D eigenvalue weighted by molar-refractivity contribution is 0.245. The van der Waals surface area contributed by atoms with E-state index in [9.17, 15) is 0 Å². The molecule has 0 saturated carbocycles. The van der Waals surface area contributed by atoms with E-state index in [1.165, 1.54) is 12.0 Å². The maximum Gasteiger partial charge on any atom is 0.226 e. The van der Waals surface area contributed by atoms with E-state index in [0.29, 0.717) is 18.5 Å². The van der Waals surface area contributed by atoms with Gasteiger partial charge in [0.1, 0.15) is 17.8 Å². The van der Waals surface area contributed by atoms with Crippen LogP contribution in [0, 0.1) is 0 Å². The zero-order chi connectivity index (χ0) is 19.3. The monoisotopic (exact) mass is 378 g/mol. The predicted octanol–water partition coefficient (Wildman–Crippen LogP) is 5.09. The highest BCUT2D eigenvalue weighted by Gasteiger charge is 2.26. The van der Waals surface area contributed by atoms with E-state index in [2.05, 4.69) is 29.2 Å². The quantitative estimate of drug-likeness (QED) is 0.573. The normalized spacial score (nSPS) is 17.0. The van der Waals surface area contributed by atoms with Crippen molar-refractivity contribution in [1.29, 1.82) is 0 Å². The molecule has 0 radical (unpaired) electrons. The first-order valence-corrected chi connectivity index (χ1v) is 9.82. The molecule has 1 aromatic heterocycles. The van der Waals surface area contributed by atoms with E-state index >= 15 is 0 Å². The first-order chi connectivity index (χ1) is 13.8. The molecule has 146 valence electrons. The second-order valence-corrected chi connectivity index (χ2v) is 7.00. The second-order valence-electron chi connectivity index (χ2n) is 7.00. The van der Waals surface area contributed by atoms with Crippen LogP contribution in [0.3, 0.4) is 0 Å². The number of rotatable bonds is 7. The molecule has 0 unspecified atom stereocenters. The second kappa shape index (κ2) is 8.48. The Bertz CT molecular complexity index is 887. The molecule has 3 aromatic rings. The van der Waals surface area contributed by atoms with Gasteiger partial charge in [-0.3, -0.25) is 4.90 Å². The third-order valence-electron chi connectivity index (χ3n) is 5.19. The fraction of sp³-hybridized carbons (Fsp3) is 0.348. The molecule has 5 nitrogen and oxygen atoms in total. The molecule has 1 atom stereocenters. The van der Waals surface area contributed by atoms with Crippen LogP contribution in [0.2, 0.25) is 0 Å². The Morgan fingerprint density at radius 1 is 1.07 bits per heavy atom. The summed E-state index contributed by atoms with van der Waals surface area (Å²) >= 11 is 0. The van der Waals surface area contributed by atoms with Gasteiger partial charge >= 0.3 is 0 Å². The number of methoxy groups -OCH3 is 1. The van der Waals surface area contributed by atoms with Gasteiger partial charge in [0, 0.05) is 18.2 Å². The first-order valence-electron chi connectivity index (χ1n) is 9.82. The lowest BCUT2D eigenvalue weighted by Crippen LogP contribution is -2.22. The van der Waals surface area contributed by atoms with E-state index in [1.807, 2.05) is 31.2 Å². The van der Waals surface area contributed by atoms with E-state index in [-0.39, 0.29) is 0 Å². The fourth-order valence-electron chi connectivity index (χ4n) is 3.80. The van der Waals surface area contributed by atoms with Crippen molar-refractivity contribution in [3.8, 4) is 23.0 Å². The molecule has 0 aliphatic carbocycles. The predicted molar refractivity (Wildman–Crippen MR) is 108 cm³/mol. The minimum atomic E-state index is 0.414. The van der Waals surface area contributed by atoms with Crippen molar-refractivity contribution in [2.45, 2.75) is 32.4 Å². The zero-order valence-electron chi connectivity index (χ0n) is 16.4. The summed E-state index contributed by atoms with van der Waals surface area (Å²) in [6.45, 7) is 4.56. The van der Waals surface area contributed by atoms with Crippen LogP contribution in [-0.4, -0.2) is 30.1 Å². The fourth-order valence-corrected chi connectivity index (χ4v) is 3.80. The molecule has 28 heavy (non-hydrogen) atoms. The summed E-state index contributed by atoms with van der Waals surface area (Å²) in [4.78, 5) is 7.17. The minimum Gasteiger partial charge on any atom is -0.497 e. The van der Waals surface area contributed by atoms with Crippen molar-refractivity contribution in [3.05, 3.63) is 66.1 Å². The molecular formula is C23H26N2O3. The van der Waals surface area contributed by atoms with Gasteiger partial charge in [-0.1, -0.05) is 12.1 Å². The number of benzene rings is 2. The van der Waals surface area contributed by atoms with Gasteiger partial charge in [-0.2, -0.15) is 0 Å². The molecule has 1 aliphatic rings. The van der Waals surface area contributed by atoms with Crippen molar-refractivity contribution in [2.75, 3.05) is 20.3 Å². The Balaban J connectivity index is 1.45. The van der Waals surface area contributed by atoms with Crippen LogP contribution in [0.15, 0.2) is 59.2 Å². The zero-order valence-corrected chi connectivity index (χ0v) is 16.4. The first kappa shape index (κ1) is 18.6. The third kappa shape index (κ3) is 4.04. The lowest BCUT2D eigenvalue weighted by atomic mass is 10.0. The molecule has 0 spiro atoms. The van der Waals surface area contributed by atoms with Crippen LogP contribution >= 0.6 is 0 Å². The van der Waals surface area contributed by atoms with Crippen molar-refractivity contribution >= 4 is 0 Å². The summed E-state index contributed by atoms with van der Waals surface area (Å²) in [6, 6.07) is 16.7. The molecule has 1 aliphatic heterocycles. The van der Waals surface area contributed by atoms with Crippen LogP contribution in [0.25, 0.3) is 11.5 Å². The molecule has 2 aromatic carbocycles. The molecule has 2 heterocycles. The smallest absolute Gasteiger partial charge is 0.226 e. The number of nitrogens with zero attached hydrogens (tertiary/aromatic N) is 2. The summed E-state index contributed by atoms with van der Waals surface area (Å²) in [5, 5.41) is 0. The van der Waals surface area contributed by atoms with E-state index in [0.717, 1.165) is 42.3 Å². The maximum absolute atomic E-state index is 5.72. The summed E-state index contributed by atoms with van der Waals surface area (Å²) < 4.78 is 16.5.